The number of carboxylic acid groups (broad SMARTS) is 1. The van der Waals surface area contributed by atoms with Gasteiger partial charge in [-0.05, 0) is 12.8 Å². The number of hydrogen-bond acceptors (Lipinski definition) is 1. The summed E-state index contributed by atoms with van der Waals surface area (Å²) in [4.78, 5) is 10.7. The molecule has 17 heavy (non-hydrogen) atoms. The molecule has 0 spiro atoms. The third-order valence-corrected chi connectivity index (χ3v) is 2.24. The minimum absolute atomic E-state index is 0.336. The second kappa shape index (κ2) is 5.07. The Morgan fingerprint density at radius 1 is 1.47 bits per heavy atom. The van der Waals surface area contributed by atoms with E-state index in [-0.39, 0.29) is 0 Å². The summed E-state index contributed by atoms with van der Waals surface area (Å²) in [7, 11) is 0. The number of aromatic nitrogens is 1. The van der Waals surface area contributed by atoms with Crippen molar-refractivity contribution < 1.29 is 23.1 Å². The summed E-state index contributed by atoms with van der Waals surface area (Å²) in [5.41, 5.74) is -1.82. The highest BCUT2D eigenvalue weighted by Crippen LogP contribution is 2.32. The number of hydrogen-bond donors (Lipinski definition) is 1. The summed E-state index contributed by atoms with van der Waals surface area (Å²) in [6.45, 7) is 3.83. The summed E-state index contributed by atoms with van der Waals surface area (Å²) in [5, 5.41) is 8.68. The van der Waals surface area contributed by atoms with E-state index in [1.54, 1.807) is 6.08 Å². The Labute approximate surface area is 96.2 Å². The molecule has 1 heterocycles. The maximum atomic E-state index is 12.5. The van der Waals surface area contributed by atoms with Crippen LogP contribution >= 0.6 is 0 Å². The number of halogens is 3. The first-order valence-corrected chi connectivity index (χ1v) is 4.97. The minimum atomic E-state index is -4.64. The van der Waals surface area contributed by atoms with E-state index in [1.807, 2.05) is 0 Å². The Kier molecular flexibility index (Phi) is 3.98. The third kappa shape index (κ3) is 3.37. The van der Waals surface area contributed by atoms with Crippen LogP contribution in [-0.4, -0.2) is 15.6 Å². The van der Waals surface area contributed by atoms with Crippen molar-refractivity contribution >= 4 is 5.97 Å². The van der Waals surface area contributed by atoms with Crippen LogP contribution in [0, 0.1) is 0 Å². The van der Waals surface area contributed by atoms with Gasteiger partial charge >= 0.3 is 12.1 Å². The fraction of sp³-hybridized carbons (Fsp3) is 0.364. The van der Waals surface area contributed by atoms with E-state index in [2.05, 4.69) is 6.58 Å². The van der Waals surface area contributed by atoms with Gasteiger partial charge in [0.1, 0.15) is 0 Å². The molecule has 0 fully saturated rings. The number of unbranched alkanes of at least 4 members (excludes halogenated alkanes) is 1. The molecule has 0 aliphatic rings. The molecule has 0 unspecified atom stereocenters. The van der Waals surface area contributed by atoms with Gasteiger partial charge in [-0.15, -0.1) is 6.58 Å². The zero-order valence-electron chi connectivity index (χ0n) is 9.00. The molecular formula is C11H12F3NO2. The lowest BCUT2D eigenvalue weighted by Gasteiger charge is -2.04. The maximum Gasteiger partial charge on any atom is 0.418 e. The second-order valence-corrected chi connectivity index (χ2v) is 3.56. The van der Waals surface area contributed by atoms with Crippen molar-refractivity contribution in [2.24, 2.45) is 0 Å². The van der Waals surface area contributed by atoms with Crippen molar-refractivity contribution in [3.63, 3.8) is 0 Å². The summed E-state index contributed by atoms with van der Waals surface area (Å²) in [6.07, 6.45) is 0.140. The lowest BCUT2D eigenvalue weighted by atomic mass is 10.2. The molecule has 1 aromatic rings. The van der Waals surface area contributed by atoms with Crippen LogP contribution in [0.1, 0.15) is 28.8 Å². The summed E-state index contributed by atoms with van der Waals surface area (Å²) < 4.78 is 38.8. The van der Waals surface area contributed by atoms with E-state index in [0.717, 1.165) is 12.4 Å². The SMILES string of the molecule is C=CCCCn1cc(C(=O)O)c(C(F)(F)F)c1. The monoisotopic (exact) mass is 247 g/mol. The highest BCUT2D eigenvalue weighted by molar-refractivity contribution is 5.89. The Bertz CT molecular complexity index is 421. The molecule has 0 saturated carbocycles. The summed E-state index contributed by atoms with van der Waals surface area (Å²) in [5.74, 6) is -1.57. The largest absolute Gasteiger partial charge is 0.478 e. The van der Waals surface area contributed by atoms with Gasteiger partial charge in [0, 0.05) is 18.9 Å². The van der Waals surface area contributed by atoms with Crippen LogP contribution in [0.2, 0.25) is 0 Å². The molecule has 0 saturated heterocycles. The van der Waals surface area contributed by atoms with E-state index in [1.165, 1.54) is 4.57 Å². The lowest BCUT2D eigenvalue weighted by Crippen LogP contribution is -2.09. The predicted octanol–water partition coefficient (Wildman–Crippen LogP) is 3.17. The molecule has 0 aromatic carbocycles. The van der Waals surface area contributed by atoms with Crippen LogP contribution in [0.3, 0.4) is 0 Å². The predicted molar refractivity (Wildman–Crippen MR) is 55.8 cm³/mol. The number of aryl methyl sites for hydroxylation is 1. The smallest absolute Gasteiger partial charge is 0.418 e. The number of nitrogens with zero attached hydrogens (tertiary/aromatic N) is 1. The number of rotatable bonds is 5. The van der Waals surface area contributed by atoms with Gasteiger partial charge in [0.25, 0.3) is 0 Å². The van der Waals surface area contributed by atoms with Crippen LogP contribution in [0.4, 0.5) is 13.2 Å². The number of alkyl halides is 3. The fourth-order valence-electron chi connectivity index (χ4n) is 1.45. The van der Waals surface area contributed by atoms with Gasteiger partial charge in [0.2, 0.25) is 0 Å². The first-order chi connectivity index (χ1) is 7.86. The van der Waals surface area contributed by atoms with Crippen molar-refractivity contribution in [2.45, 2.75) is 25.6 Å². The van der Waals surface area contributed by atoms with E-state index < -0.39 is 23.3 Å². The zero-order chi connectivity index (χ0) is 13.1. The van der Waals surface area contributed by atoms with E-state index >= 15 is 0 Å². The molecule has 0 radical (unpaired) electrons. The molecule has 0 bridgehead atoms. The molecule has 0 aliphatic heterocycles. The van der Waals surface area contributed by atoms with Gasteiger partial charge in [0.05, 0.1) is 11.1 Å². The van der Waals surface area contributed by atoms with Gasteiger partial charge in [-0.1, -0.05) is 6.08 Å². The van der Waals surface area contributed by atoms with Crippen LogP contribution in [0.15, 0.2) is 25.0 Å². The Morgan fingerprint density at radius 3 is 2.53 bits per heavy atom. The molecule has 0 aliphatic carbocycles. The quantitative estimate of drug-likeness (QED) is 0.641. The van der Waals surface area contributed by atoms with E-state index in [9.17, 15) is 18.0 Å². The van der Waals surface area contributed by atoms with Crippen LogP contribution in [0.5, 0.6) is 0 Å². The zero-order valence-corrected chi connectivity index (χ0v) is 9.00. The van der Waals surface area contributed by atoms with Crippen molar-refractivity contribution in [1.29, 1.82) is 0 Å². The fourth-order valence-corrected chi connectivity index (χ4v) is 1.45. The topological polar surface area (TPSA) is 42.2 Å². The molecule has 6 heteroatoms. The molecule has 1 rings (SSSR count). The van der Waals surface area contributed by atoms with E-state index in [0.29, 0.717) is 19.4 Å². The first-order valence-electron chi connectivity index (χ1n) is 4.97. The first kappa shape index (κ1) is 13.3. The molecule has 0 atom stereocenters. The van der Waals surface area contributed by atoms with E-state index in [4.69, 9.17) is 5.11 Å². The van der Waals surface area contributed by atoms with Crippen molar-refractivity contribution in [2.75, 3.05) is 0 Å². The highest BCUT2D eigenvalue weighted by Gasteiger charge is 2.36. The summed E-state index contributed by atoms with van der Waals surface area (Å²) in [6, 6.07) is 0. The van der Waals surface area contributed by atoms with Crippen LogP contribution < -0.4 is 0 Å². The number of carbonyl (C=O) groups is 1. The average Bonchev–Trinajstić information content (AvgIpc) is 2.62. The average molecular weight is 247 g/mol. The van der Waals surface area contributed by atoms with Gasteiger partial charge in [-0.3, -0.25) is 0 Å². The molecule has 1 aromatic heterocycles. The molecule has 1 N–H and O–H groups in total. The Balaban J connectivity index is 2.96. The van der Waals surface area contributed by atoms with Gasteiger partial charge in [0.15, 0.2) is 0 Å². The van der Waals surface area contributed by atoms with Crippen molar-refractivity contribution in [3.05, 3.63) is 36.2 Å². The van der Waals surface area contributed by atoms with Gasteiger partial charge in [-0.2, -0.15) is 13.2 Å². The standard InChI is InChI=1S/C11H12F3NO2/c1-2-3-4-5-15-6-8(10(16)17)9(7-15)11(12,13)14/h2,6-7H,1,3-5H2,(H,16,17). The van der Waals surface area contributed by atoms with Crippen LogP contribution in [0.25, 0.3) is 0 Å². The van der Waals surface area contributed by atoms with Crippen molar-refractivity contribution in [1.82, 2.24) is 4.57 Å². The highest BCUT2D eigenvalue weighted by atomic mass is 19.4. The number of allylic oxidation sites excluding steroid dienone is 1. The van der Waals surface area contributed by atoms with Gasteiger partial charge < -0.3 is 9.67 Å². The number of aromatic carboxylic acids is 1. The third-order valence-electron chi connectivity index (χ3n) is 2.24. The normalized spacial score (nSPS) is 11.5. The van der Waals surface area contributed by atoms with Crippen LogP contribution in [-0.2, 0) is 12.7 Å². The maximum absolute atomic E-state index is 12.5. The second-order valence-electron chi connectivity index (χ2n) is 3.56. The Hall–Kier alpha value is -1.72. The Morgan fingerprint density at radius 2 is 2.12 bits per heavy atom. The number of carboxylic acids is 1. The molecule has 0 amide bonds. The lowest BCUT2D eigenvalue weighted by molar-refractivity contribution is -0.138. The molecular weight excluding hydrogens is 235 g/mol. The summed E-state index contributed by atoms with van der Waals surface area (Å²) >= 11 is 0. The molecule has 3 nitrogen and oxygen atoms in total. The molecule has 94 valence electrons. The minimum Gasteiger partial charge on any atom is -0.478 e. The van der Waals surface area contributed by atoms with Gasteiger partial charge in [-0.25, -0.2) is 4.79 Å². The van der Waals surface area contributed by atoms with Crippen molar-refractivity contribution in [3.8, 4) is 0 Å².